The van der Waals surface area contributed by atoms with Crippen molar-refractivity contribution in [1.29, 1.82) is 0 Å². The Morgan fingerprint density at radius 3 is 1.29 bits per heavy atom. The molecule has 1 rings (SSSR count). The molecule has 0 spiro atoms. The molecule has 84 valence electrons. The van der Waals surface area contributed by atoms with Gasteiger partial charge in [-0.2, -0.15) is 0 Å². The Kier molecular flexibility index (Phi) is 6.11. The molecule has 1 N–H and O–H groups in total. The van der Waals surface area contributed by atoms with Gasteiger partial charge in [-0.3, -0.25) is 0 Å². The van der Waals surface area contributed by atoms with Gasteiger partial charge in [-0.1, -0.05) is 60.9 Å². The third kappa shape index (κ3) is 6.02. The highest BCUT2D eigenvalue weighted by Crippen LogP contribution is 2.29. The summed E-state index contributed by atoms with van der Waals surface area (Å²) in [7, 11) is 0. The Balaban J connectivity index is 2.24. The Hall–Kier alpha value is 0.440. The molecule has 2 heteroatoms. The summed E-state index contributed by atoms with van der Waals surface area (Å²) in [5.41, 5.74) is 0. The van der Waals surface area contributed by atoms with E-state index in [9.17, 15) is 5.11 Å². The lowest BCUT2D eigenvalue weighted by molar-refractivity contribution is 0.118. The fourth-order valence-corrected chi connectivity index (χ4v) is 2.71. The van der Waals surface area contributed by atoms with Crippen LogP contribution < -0.4 is 0 Å². The van der Waals surface area contributed by atoms with Crippen LogP contribution in [0, 0.1) is 0 Å². The molecule has 0 unspecified atom stereocenters. The van der Waals surface area contributed by atoms with Crippen molar-refractivity contribution >= 4 is 15.9 Å². The van der Waals surface area contributed by atoms with Crippen LogP contribution in [0.2, 0.25) is 0 Å². The van der Waals surface area contributed by atoms with E-state index >= 15 is 0 Å². The summed E-state index contributed by atoms with van der Waals surface area (Å²) >= 11 is 3.44. The molecule has 0 bridgehead atoms. The van der Waals surface area contributed by atoms with Crippen molar-refractivity contribution < 1.29 is 5.11 Å². The van der Waals surface area contributed by atoms with Crippen molar-refractivity contribution in [1.82, 2.24) is 0 Å². The molecule has 0 aromatic heterocycles. The first-order chi connectivity index (χ1) is 6.71. The van der Waals surface area contributed by atoms with E-state index < -0.39 is 4.51 Å². The lowest BCUT2D eigenvalue weighted by atomic mass is 9.99. The van der Waals surface area contributed by atoms with Crippen molar-refractivity contribution in [2.75, 3.05) is 0 Å². The van der Waals surface area contributed by atoms with Gasteiger partial charge in [0.15, 0.2) is 0 Å². The molecule has 14 heavy (non-hydrogen) atoms. The molecule has 0 amide bonds. The number of halogens is 1. The normalized spacial score (nSPS) is 26.1. The van der Waals surface area contributed by atoms with Crippen LogP contribution >= 0.6 is 15.9 Å². The molecule has 0 aromatic rings. The maximum absolute atomic E-state index is 9.98. The van der Waals surface area contributed by atoms with E-state index in [1.165, 1.54) is 57.8 Å². The number of alkyl halides is 1. The molecule has 0 aromatic carbocycles. The molecule has 0 atom stereocenters. The highest BCUT2D eigenvalue weighted by atomic mass is 79.9. The number of rotatable bonds is 0. The second kappa shape index (κ2) is 6.84. The number of hydrogen-bond acceptors (Lipinski definition) is 1. The van der Waals surface area contributed by atoms with Crippen LogP contribution in [-0.4, -0.2) is 9.62 Å². The zero-order valence-corrected chi connectivity index (χ0v) is 10.7. The van der Waals surface area contributed by atoms with Crippen molar-refractivity contribution in [3.8, 4) is 0 Å². The van der Waals surface area contributed by atoms with Crippen molar-refractivity contribution in [2.24, 2.45) is 0 Å². The summed E-state index contributed by atoms with van der Waals surface area (Å²) in [5, 5.41) is 9.98. The maximum Gasteiger partial charge on any atom is 0.119 e. The highest BCUT2D eigenvalue weighted by molar-refractivity contribution is 9.10. The van der Waals surface area contributed by atoms with Crippen LogP contribution in [0.5, 0.6) is 0 Å². The zero-order chi connectivity index (χ0) is 10.3. The molecule has 1 saturated carbocycles. The summed E-state index contributed by atoms with van der Waals surface area (Å²) in [6, 6.07) is 0. The Bertz CT molecular complexity index is 131. The lowest BCUT2D eigenvalue weighted by Crippen LogP contribution is -2.19. The molecule has 0 heterocycles. The van der Waals surface area contributed by atoms with E-state index in [1.807, 2.05) is 0 Å². The molecule has 1 fully saturated rings. The first-order valence-electron chi connectivity index (χ1n) is 6.12. The number of aliphatic hydroxyl groups is 1. The standard InChI is InChI=1S/C12H23BrO/c13-12(14)10-8-6-4-2-1-3-5-7-9-11-12/h14H,1-11H2. The van der Waals surface area contributed by atoms with Gasteiger partial charge in [0, 0.05) is 0 Å². The van der Waals surface area contributed by atoms with E-state index in [1.54, 1.807) is 0 Å². The zero-order valence-electron chi connectivity index (χ0n) is 9.10. The largest absolute Gasteiger partial charge is 0.379 e. The fourth-order valence-electron chi connectivity index (χ4n) is 2.15. The van der Waals surface area contributed by atoms with Gasteiger partial charge in [0.05, 0.1) is 0 Å². The van der Waals surface area contributed by atoms with E-state index in [4.69, 9.17) is 0 Å². The van der Waals surface area contributed by atoms with Gasteiger partial charge >= 0.3 is 0 Å². The summed E-state index contributed by atoms with van der Waals surface area (Å²) < 4.78 is -0.563. The first kappa shape index (κ1) is 12.5. The van der Waals surface area contributed by atoms with Crippen molar-refractivity contribution in [2.45, 2.75) is 75.1 Å². The van der Waals surface area contributed by atoms with Crippen molar-refractivity contribution in [3.63, 3.8) is 0 Å². The second-order valence-corrected chi connectivity index (χ2v) is 6.08. The third-order valence-electron chi connectivity index (χ3n) is 3.12. The van der Waals surface area contributed by atoms with Crippen LogP contribution in [0.4, 0.5) is 0 Å². The Morgan fingerprint density at radius 1 is 0.643 bits per heavy atom. The van der Waals surface area contributed by atoms with E-state index in [-0.39, 0.29) is 0 Å². The minimum Gasteiger partial charge on any atom is -0.379 e. The highest BCUT2D eigenvalue weighted by Gasteiger charge is 2.21. The summed E-state index contributed by atoms with van der Waals surface area (Å²) in [6.45, 7) is 0. The summed E-state index contributed by atoms with van der Waals surface area (Å²) in [6.07, 6.45) is 13.7. The van der Waals surface area contributed by atoms with Crippen LogP contribution in [0.15, 0.2) is 0 Å². The second-order valence-electron chi connectivity index (χ2n) is 4.60. The third-order valence-corrected chi connectivity index (χ3v) is 3.91. The topological polar surface area (TPSA) is 20.2 Å². The average Bonchev–Trinajstić information content (AvgIpc) is 2.11. The average molecular weight is 263 g/mol. The predicted molar refractivity (Wildman–Crippen MR) is 64.7 cm³/mol. The molecule has 0 radical (unpaired) electrons. The smallest absolute Gasteiger partial charge is 0.119 e. The van der Waals surface area contributed by atoms with Gasteiger partial charge in [0.2, 0.25) is 0 Å². The first-order valence-corrected chi connectivity index (χ1v) is 6.91. The SMILES string of the molecule is OC1(Br)CCCCCCCCCCC1. The van der Waals surface area contributed by atoms with Gasteiger partial charge in [-0.05, 0) is 25.7 Å². The van der Waals surface area contributed by atoms with Gasteiger partial charge in [-0.25, -0.2) is 0 Å². The molecule has 0 saturated heterocycles. The van der Waals surface area contributed by atoms with Crippen molar-refractivity contribution in [3.05, 3.63) is 0 Å². The molecular weight excluding hydrogens is 240 g/mol. The molecule has 1 aliphatic rings. The Labute approximate surface area is 96.4 Å². The van der Waals surface area contributed by atoms with Gasteiger partial charge in [-0.15, -0.1) is 0 Å². The Morgan fingerprint density at radius 2 is 0.929 bits per heavy atom. The fraction of sp³-hybridized carbons (Fsp3) is 1.00. The quantitative estimate of drug-likeness (QED) is 0.643. The summed E-state index contributed by atoms with van der Waals surface area (Å²) in [5.74, 6) is 0. The summed E-state index contributed by atoms with van der Waals surface area (Å²) in [4.78, 5) is 0. The van der Waals surface area contributed by atoms with E-state index in [2.05, 4.69) is 15.9 Å². The maximum atomic E-state index is 9.98. The minimum absolute atomic E-state index is 0.563. The van der Waals surface area contributed by atoms with E-state index in [0.717, 1.165) is 12.8 Å². The monoisotopic (exact) mass is 262 g/mol. The van der Waals surface area contributed by atoms with Crippen LogP contribution in [0.3, 0.4) is 0 Å². The lowest BCUT2D eigenvalue weighted by Gasteiger charge is -2.21. The van der Waals surface area contributed by atoms with Gasteiger partial charge < -0.3 is 5.11 Å². The predicted octanol–water partition coefficient (Wildman–Crippen LogP) is 4.37. The van der Waals surface area contributed by atoms with Gasteiger partial charge in [0.25, 0.3) is 0 Å². The van der Waals surface area contributed by atoms with Crippen LogP contribution in [0.25, 0.3) is 0 Å². The molecule has 1 nitrogen and oxygen atoms in total. The molecule has 1 aliphatic carbocycles. The molecular formula is C12H23BrO. The van der Waals surface area contributed by atoms with Gasteiger partial charge in [0.1, 0.15) is 4.51 Å². The van der Waals surface area contributed by atoms with E-state index in [0.29, 0.717) is 0 Å². The number of hydrogen-bond donors (Lipinski definition) is 1. The molecule has 0 aliphatic heterocycles. The minimum atomic E-state index is -0.563. The van der Waals surface area contributed by atoms with Crippen LogP contribution in [-0.2, 0) is 0 Å². The van der Waals surface area contributed by atoms with Crippen LogP contribution in [0.1, 0.15) is 70.6 Å².